The van der Waals surface area contributed by atoms with Crippen molar-refractivity contribution in [1.29, 1.82) is 0 Å². The maximum Gasteiger partial charge on any atom is 0.161 e. The molecule has 3 saturated carbocycles. The zero-order valence-electron chi connectivity index (χ0n) is 15.5. The van der Waals surface area contributed by atoms with Crippen molar-refractivity contribution in [3.8, 4) is 0 Å². The number of rotatable bonds is 1. The standard InChI is InChI=1S/C21H29FO3/c1-12(23)21(25)9-7-16-15-5-4-13-10-14(24)6-8-19(13,2)18(15)17(22)11-20(16,21)3/h10,15-18,25H,4-9,11H2,1-3H3/t15-,16-,17-,18+,19-,20-,21-/m0/s1. The third-order valence-corrected chi connectivity index (χ3v) is 8.59. The Hall–Kier alpha value is -1.03. The Morgan fingerprint density at radius 2 is 1.96 bits per heavy atom. The second kappa shape index (κ2) is 5.25. The lowest BCUT2D eigenvalue weighted by Gasteiger charge is -2.59. The third kappa shape index (κ3) is 2.06. The van der Waals surface area contributed by atoms with Crippen LogP contribution in [0.2, 0.25) is 0 Å². The molecule has 4 aliphatic rings. The summed E-state index contributed by atoms with van der Waals surface area (Å²) in [6.45, 7) is 5.53. The molecule has 0 radical (unpaired) electrons. The number of ketones is 2. The van der Waals surface area contributed by atoms with Gasteiger partial charge in [0.25, 0.3) is 0 Å². The summed E-state index contributed by atoms with van der Waals surface area (Å²) in [5.74, 6) is 0.252. The highest BCUT2D eigenvalue weighted by Gasteiger charge is 2.68. The van der Waals surface area contributed by atoms with Crippen molar-refractivity contribution in [3.63, 3.8) is 0 Å². The minimum absolute atomic E-state index is 0.0898. The topological polar surface area (TPSA) is 54.4 Å². The molecule has 0 aliphatic heterocycles. The van der Waals surface area contributed by atoms with Gasteiger partial charge < -0.3 is 5.11 Å². The van der Waals surface area contributed by atoms with Crippen molar-refractivity contribution in [2.75, 3.05) is 0 Å². The summed E-state index contributed by atoms with van der Waals surface area (Å²) >= 11 is 0. The van der Waals surface area contributed by atoms with Crippen LogP contribution in [-0.2, 0) is 9.59 Å². The molecule has 0 spiro atoms. The van der Waals surface area contributed by atoms with Gasteiger partial charge in [-0.1, -0.05) is 19.4 Å². The van der Waals surface area contributed by atoms with E-state index in [9.17, 15) is 14.7 Å². The Labute approximate surface area is 149 Å². The predicted molar refractivity (Wildman–Crippen MR) is 92.6 cm³/mol. The second-order valence-electron chi connectivity index (χ2n) is 9.48. The third-order valence-electron chi connectivity index (χ3n) is 8.59. The molecule has 3 fully saturated rings. The minimum atomic E-state index is -1.38. The number of allylic oxidation sites excluding steroid dienone is 1. The molecule has 4 heteroatoms. The summed E-state index contributed by atoms with van der Waals surface area (Å²) in [5, 5.41) is 11.1. The van der Waals surface area contributed by atoms with Crippen molar-refractivity contribution in [1.82, 2.24) is 0 Å². The monoisotopic (exact) mass is 348 g/mol. The number of Topliss-reactive ketones (excluding diaryl/α,β-unsaturated/α-hetero) is 1. The van der Waals surface area contributed by atoms with E-state index >= 15 is 4.39 Å². The maximum absolute atomic E-state index is 15.6. The Morgan fingerprint density at radius 1 is 1.24 bits per heavy atom. The number of alkyl halides is 1. The molecule has 0 heterocycles. The Bertz CT molecular complexity index is 670. The molecule has 0 saturated heterocycles. The molecule has 138 valence electrons. The molecular weight excluding hydrogens is 319 g/mol. The van der Waals surface area contributed by atoms with Crippen LogP contribution in [0.5, 0.6) is 0 Å². The first-order chi connectivity index (χ1) is 11.6. The Morgan fingerprint density at radius 3 is 2.64 bits per heavy atom. The molecule has 0 amide bonds. The van der Waals surface area contributed by atoms with Gasteiger partial charge in [0.15, 0.2) is 11.6 Å². The van der Waals surface area contributed by atoms with Gasteiger partial charge in [0.1, 0.15) is 11.8 Å². The average molecular weight is 348 g/mol. The van der Waals surface area contributed by atoms with Crippen LogP contribution in [-0.4, -0.2) is 28.4 Å². The lowest BCUT2D eigenvalue weighted by atomic mass is 9.45. The van der Waals surface area contributed by atoms with Gasteiger partial charge in [0, 0.05) is 17.8 Å². The van der Waals surface area contributed by atoms with Crippen molar-refractivity contribution in [2.45, 2.75) is 77.5 Å². The first-order valence-electron chi connectivity index (χ1n) is 9.75. The summed E-state index contributed by atoms with van der Waals surface area (Å²) in [6, 6.07) is 0. The quantitative estimate of drug-likeness (QED) is 0.784. The lowest BCUT2D eigenvalue weighted by Crippen LogP contribution is -2.60. The van der Waals surface area contributed by atoms with Gasteiger partial charge in [0.2, 0.25) is 0 Å². The number of hydrogen-bond acceptors (Lipinski definition) is 3. The molecule has 0 bridgehead atoms. The van der Waals surface area contributed by atoms with E-state index in [1.54, 1.807) is 6.08 Å². The summed E-state index contributed by atoms with van der Waals surface area (Å²) < 4.78 is 15.6. The van der Waals surface area contributed by atoms with Crippen LogP contribution in [0.25, 0.3) is 0 Å². The highest BCUT2D eigenvalue weighted by atomic mass is 19.1. The van der Waals surface area contributed by atoms with E-state index in [-0.39, 0.29) is 41.2 Å². The molecular formula is C21H29FO3. The van der Waals surface area contributed by atoms with Gasteiger partial charge in [-0.3, -0.25) is 9.59 Å². The molecule has 0 unspecified atom stereocenters. The number of hydrogen-bond donors (Lipinski definition) is 1. The second-order valence-corrected chi connectivity index (χ2v) is 9.48. The SMILES string of the molecule is CC(=O)[C@@]1(O)CC[C@H]2[C@@H]3CCC4=CC(=O)CC[C@]4(C)[C@H]3[C@@H](F)C[C@@]21C. The van der Waals surface area contributed by atoms with Crippen LogP contribution < -0.4 is 0 Å². The molecule has 0 aromatic rings. The van der Waals surface area contributed by atoms with Crippen molar-refractivity contribution >= 4 is 11.6 Å². The van der Waals surface area contributed by atoms with Gasteiger partial charge in [0.05, 0.1) is 0 Å². The molecule has 25 heavy (non-hydrogen) atoms. The largest absolute Gasteiger partial charge is 0.382 e. The summed E-state index contributed by atoms with van der Waals surface area (Å²) in [5.41, 5.74) is -1.15. The minimum Gasteiger partial charge on any atom is -0.382 e. The predicted octanol–water partition coefficient (Wildman–Crippen LogP) is 3.79. The Balaban J connectivity index is 1.75. The maximum atomic E-state index is 15.6. The zero-order chi connectivity index (χ0) is 18.2. The van der Waals surface area contributed by atoms with Gasteiger partial charge >= 0.3 is 0 Å². The lowest BCUT2D eigenvalue weighted by molar-refractivity contribution is -0.170. The van der Waals surface area contributed by atoms with E-state index in [2.05, 4.69) is 6.92 Å². The molecule has 0 aromatic carbocycles. The van der Waals surface area contributed by atoms with Gasteiger partial charge in [-0.2, -0.15) is 0 Å². The first-order valence-corrected chi connectivity index (χ1v) is 9.75. The van der Waals surface area contributed by atoms with Crippen LogP contribution in [0, 0.1) is 28.6 Å². The highest BCUT2D eigenvalue weighted by Crippen LogP contribution is 2.68. The van der Waals surface area contributed by atoms with E-state index in [1.165, 1.54) is 6.92 Å². The summed E-state index contributed by atoms with van der Waals surface area (Å²) in [6.07, 6.45) is 5.22. The normalized spacial score (nSPS) is 52.0. The molecule has 3 nitrogen and oxygen atoms in total. The molecule has 4 rings (SSSR count). The fraction of sp³-hybridized carbons (Fsp3) is 0.810. The van der Waals surface area contributed by atoms with Crippen LogP contribution in [0.1, 0.15) is 65.7 Å². The number of aliphatic hydroxyl groups is 1. The fourth-order valence-corrected chi connectivity index (χ4v) is 7.20. The highest BCUT2D eigenvalue weighted by molar-refractivity contribution is 5.91. The van der Waals surface area contributed by atoms with Gasteiger partial charge in [-0.15, -0.1) is 0 Å². The summed E-state index contributed by atoms with van der Waals surface area (Å²) in [7, 11) is 0. The van der Waals surface area contributed by atoms with Crippen LogP contribution >= 0.6 is 0 Å². The summed E-state index contributed by atoms with van der Waals surface area (Å²) in [4.78, 5) is 24.1. The van der Waals surface area contributed by atoms with E-state index < -0.39 is 17.2 Å². The number of carbonyl (C=O) groups excluding carboxylic acids is 2. The van der Waals surface area contributed by atoms with Gasteiger partial charge in [-0.25, -0.2) is 4.39 Å². The van der Waals surface area contributed by atoms with E-state index in [1.807, 2.05) is 6.92 Å². The van der Waals surface area contributed by atoms with E-state index in [4.69, 9.17) is 0 Å². The first kappa shape index (κ1) is 17.4. The molecule has 1 N–H and O–H groups in total. The van der Waals surface area contributed by atoms with Crippen LogP contribution in [0.15, 0.2) is 11.6 Å². The van der Waals surface area contributed by atoms with Crippen molar-refractivity contribution < 1.29 is 19.1 Å². The molecule has 7 atom stereocenters. The molecule has 0 aromatic heterocycles. The van der Waals surface area contributed by atoms with Crippen molar-refractivity contribution in [2.24, 2.45) is 28.6 Å². The van der Waals surface area contributed by atoms with Crippen LogP contribution in [0.3, 0.4) is 0 Å². The van der Waals surface area contributed by atoms with E-state index in [0.29, 0.717) is 12.8 Å². The smallest absolute Gasteiger partial charge is 0.161 e. The van der Waals surface area contributed by atoms with Gasteiger partial charge in [-0.05, 0) is 68.8 Å². The van der Waals surface area contributed by atoms with E-state index in [0.717, 1.165) is 31.3 Å². The fourth-order valence-electron chi connectivity index (χ4n) is 7.20. The number of halogens is 1. The number of carbonyl (C=O) groups is 2. The van der Waals surface area contributed by atoms with Crippen LogP contribution in [0.4, 0.5) is 4.39 Å². The zero-order valence-corrected chi connectivity index (χ0v) is 15.5. The molecule has 4 aliphatic carbocycles. The van der Waals surface area contributed by atoms with Crippen molar-refractivity contribution in [3.05, 3.63) is 11.6 Å². The Kier molecular flexibility index (Phi) is 3.65. The average Bonchev–Trinajstić information content (AvgIpc) is 2.80. The number of fused-ring (bicyclic) bond motifs is 5.